The fourth-order valence-corrected chi connectivity index (χ4v) is 1.16. The van der Waals surface area contributed by atoms with Crippen LogP contribution in [0.1, 0.15) is 31.0 Å². The van der Waals surface area contributed by atoms with Crippen molar-refractivity contribution in [1.29, 1.82) is 0 Å². The highest BCUT2D eigenvalue weighted by Crippen LogP contribution is 2.35. The lowest BCUT2D eigenvalue weighted by Crippen LogP contribution is -2.18. The van der Waals surface area contributed by atoms with Gasteiger partial charge in [-0.3, -0.25) is 0 Å². The molecular formula is C8H8F6N2. The van der Waals surface area contributed by atoms with Crippen LogP contribution in [-0.4, -0.2) is 9.78 Å². The van der Waals surface area contributed by atoms with Crippen LogP contribution in [0.2, 0.25) is 0 Å². The smallest absolute Gasteiger partial charge is 0.178 e. The van der Waals surface area contributed by atoms with E-state index in [9.17, 15) is 26.3 Å². The first-order chi connectivity index (χ1) is 7.03. The number of hydrogen-bond donors (Lipinski definition) is 0. The van der Waals surface area contributed by atoms with Crippen LogP contribution in [0.5, 0.6) is 0 Å². The predicted molar refractivity (Wildman–Crippen MR) is 42.6 cm³/mol. The van der Waals surface area contributed by atoms with E-state index < -0.39 is 34.3 Å². The lowest BCUT2D eigenvalue weighted by atomic mass is 10.0. The van der Waals surface area contributed by atoms with Crippen LogP contribution in [0.15, 0.2) is 6.20 Å². The van der Waals surface area contributed by atoms with Gasteiger partial charge < -0.3 is 0 Å². The fourth-order valence-electron chi connectivity index (χ4n) is 1.16. The molecule has 0 atom stereocenters. The Kier molecular flexibility index (Phi) is 2.95. The number of hydrogen-bond acceptors (Lipinski definition) is 1. The molecule has 1 heterocycles. The summed E-state index contributed by atoms with van der Waals surface area (Å²) in [6, 6.07) is 0. The van der Waals surface area contributed by atoms with Crippen molar-refractivity contribution in [1.82, 2.24) is 9.78 Å². The van der Waals surface area contributed by atoms with Gasteiger partial charge in [0.1, 0.15) is 0 Å². The molecule has 2 nitrogen and oxygen atoms in total. The van der Waals surface area contributed by atoms with Gasteiger partial charge in [0.2, 0.25) is 0 Å². The number of halogens is 6. The molecule has 0 aliphatic rings. The third kappa shape index (κ3) is 2.48. The van der Waals surface area contributed by atoms with E-state index in [0.717, 1.165) is 0 Å². The summed E-state index contributed by atoms with van der Waals surface area (Å²) in [6.07, 6.45) is -9.45. The average Bonchev–Trinajstić information content (AvgIpc) is 2.44. The van der Waals surface area contributed by atoms with Gasteiger partial charge in [-0.2, -0.15) is 23.0 Å². The van der Waals surface area contributed by atoms with Crippen LogP contribution in [-0.2, 0) is 12.5 Å². The molecule has 92 valence electrons. The van der Waals surface area contributed by atoms with Gasteiger partial charge in [-0.15, -0.1) is 13.2 Å². The zero-order valence-corrected chi connectivity index (χ0v) is 8.32. The van der Waals surface area contributed by atoms with Crippen LogP contribution in [0.25, 0.3) is 0 Å². The largest absolute Gasteiger partial charge is 0.504 e. The van der Waals surface area contributed by atoms with Crippen molar-refractivity contribution < 1.29 is 26.3 Å². The summed E-state index contributed by atoms with van der Waals surface area (Å²) in [5.41, 5.74) is -1.95. The number of rotatable bonds is 1. The Balaban J connectivity index is 3.32. The second-order valence-corrected chi connectivity index (χ2v) is 3.50. The Labute approximate surface area is 86.9 Å². The van der Waals surface area contributed by atoms with Crippen molar-refractivity contribution in [3.8, 4) is 0 Å². The molecule has 0 fully saturated rings. The topological polar surface area (TPSA) is 17.8 Å². The second-order valence-electron chi connectivity index (χ2n) is 3.50. The minimum atomic E-state index is -4.94. The highest BCUT2D eigenvalue weighted by molar-refractivity contribution is 5.23. The molecule has 1 aromatic heterocycles. The number of alkyl halides is 6. The summed E-state index contributed by atoms with van der Waals surface area (Å²) in [7, 11) is 0. The van der Waals surface area contributed by atoms with E-state index in [1.165, 1.54) is 13.8 Å². The third-order valence-electron chi connectivity index (χ3n) is 1.89. The first-order valence-corrected chi connectivity index (χ1v) is 4.27. The Morgan fingerprint density at radius 3 is 1.88 bits per heavy atom. The maximum atomic E-state index is 12.4. The van der Waals surface area contributed by atoms with E-state index in [2.05, 4.69) is 5.10 Å². The molecule has 1 aromatic rings. The molecule has 8 heteroatoms. The van der Waals surface area contributed by atoms with Crippen molar-refractivity contribution in [2.24, 2.45) is 0 Å². The summed E-state index contributed by atoms with van der Waals surface area (Å²) in [6.45, 7) is 2.74. The lowest BCUT2D eigenvalue weighted by Gasteiger charge is -2.07. The van der Waals surface area contributed by atoms with Gasteiger partial charge >= 0.3 is 12.5 Å². The second kappa shape index (κ2) is 3.67. The molecule has 0 bridgehead atoms. The molecule has 0 aromatic carbocycles. The van der Waals surface area contributed by atoms with Crippen molar-refractivity contribution >= 4 is 0 Å². The maximum absolute atomic E-state index is 12.4. The van der Waals surface area contributed by atoms with E-state index in [-0.39, 0.29) is 0 Å². The summed E-state index contributed by atoms with van der Waals surface area (Å²) in [5, 5.41) is 2.54. The normalized spacial score (nSPS) is 13.6. The van der Waals surface area contributed by atoms with Gasteiger partial charge in [0, 0.05) is 11.8 Å². The van der Waals surface area contributed by atoms with Gasteiger partial charge in [0.05, 0.1) is 0 Å². The molecule has 0 saturated carbocycles. The molecule has 0 saturated heterocycles. The Hall–Kier alpha value is -1.21. The molecule has 0 radical (unpaired) electrons. The minimum Gasteiger partial charge on any atom is -0.178 e. The van der Waals surface area contributed by atoms with Crippen LogP contribution in [0.4, 0.5) is 26.3 Å². The highest BCUT2D eigenvalue weighted by Gasteiger charge is 2.41. The van der Waals surface area contributed by atoms with Gasteiger partial charge in [0.25, 0.3) is 0 Å². The van der Waals surface area contributed by atoms with E-state index in [1.54, 1.807) is 0 Å². The Bertz CT molecular complexity index is 373. The molecule has 16 heavy (non-hydrogen) atoms. The van der Waals surface area contributed by atoms with Crippen molar-refractivity contribution in [2.75, 3.05) is 0 Å². The average molecular weight is 246 g/mol. The third-order valence-corrected chi connectivity index (χ3v) is 1.89. The summed E-state index contributed by atoms with van der Waals surface area (Å²) >= 11 is 0. The lowest BCUT2D eigenvalue weighted by molar-refractivity contribution is -0.214. The van der Waals surface area contributed by atoms with Gasteiger partial charge in [-0.25, -0.2) is 0 Å². The number of nitrogens with zero attached hydrogens (tertiary/aromatic N) is 2. The minimum absolute atomic E-state index is 0.369. The molecule has 1 rings (SSSR count). The number of aromatic nitrogens is 2. The van der Waals surface area contributed by atoms with Crippen LogP contribution in [0.3, 0.4) is 0 Å². The van der Waals surface area contributed by atoms with Crippen molar-refractivity contribution in [2.45, 2.75) is 32.2 Å². The summed E-state index contributed by atoms with van der Waals surface area (Å²) in [4.78, 5) is 0. The van der Waals surface area contributed by atoms with Crippen LogP contribution < -0.4 is 0 Å². The van der Waals surface area contributed by atoms with Gasteiger partial charge in [-0.05, 0) is 5.92 Å². The highest BCUT2D eigenvalue weighted by atomic mass is 19.4. The molecule has 0 N–H and O–H groups in total. The van der Waals surface area contributed by atoms with E-state index >= 15 is 0 Å². The monoisotopic (exact) mass is 246 g/mol. The molecule has 0 spiro atoms. The Morgan fingerprint density at radius 1 is 1.12 bits per heavy atom. The zero-order chi connectivity index (χ0) is 12.7. The first-order valence-electron chi connectivity index (χ1n) is 4.27. The maximum Gasteiger partial charge on any atom is 0.504 e. The van der Waals surface area contributed by atoms with E-state index in [0.29, 0.717) is 6.20 Å². The fraction of sp³-hybridized carbons (Fsp3) is 0.625. The van der Waals surface area contributed by atoms with Crippen LogP contribution >= 0.6 is 0 Å². The SMILES string of the molecule is CC(C)c1cn(C(F)(F)F)nc1C(F)(F)F. The molecule has 0 unspecified atom stereocenters. The first kappa shape index (κ1) is 12.9. The zero-order valence-electron chi connectivity index (χ0n) is 8.32. The van der Waals surface area contributed by atoms with Crippen molar-refractivity contribution in [3.05, 3.63) is 17.5 Å². The van der Waals surface area contributed by atoms with E-state index in [1.807, 2.05) is 0 Å². The van der Waals surface area contributed by atoms with Crippen molar-refractivity contribution in [3.63, 3.8) is 0 Å². The summed E-state index contributed by atoms with van der Waals surface area (Å²) in [5.74, 6) is -0.687. The molecule has 0 aliphatic carbocycles. The Morgan fingerprint density at radius 2 is 1.62 bits per heavy atom. The van der Waals surface area contributed by atoms with Crippen LogP contribution in [0, 0.1) is 0 Å². The molecule has 0 amide bonds. The van der Waals surface area contributed by atoms with Gasteiger partial charge in [-0.1, -0.05) is 13.8 Å². The molecular weight excluding hydrogens is 238 g/mol. The van der Waals surface area contributed by atoms with Gasteiger partial charge in [0.15, 0.2) is 5.69 Å². The standard InChI is InChI=1S/C8H8F6N2/c1-4(2)5-3-16(8(12,13)14)15-6(5)7(9,10)11/h3-4H,1-2H3. The van der Waals surface area contributed by atoms with E-state index in [4.69, 9.17) is 0 Å². The summed E-state index contributed by atoms with van der Waals surface area (Å²) < 4.78 is 73.0. The quantitative estimate of drug-likeness (QED) is 0.693. The molecule has 0 aliphatic heterocycles. The predicted octanol–water partition coefficient (Wildman–Crippen LogP) is 3.50.